The van der Waals surface area contributed by atoms with Crippen LogP contribution in [0.3, 0.4) is 0 Å². The van der Waals surface area contributed by atoms with Crippen LogP contribution in [0.25, 0.3) is 0 Å². The molecule has 1 rings (SSSR count). The fourth-order valence-corrected chi connectivity index (χ4v) is 1.44. The average molecular weight is 216 g/mol. The second-order valence-corrected chi connectivity index (χ2v) is 3.72. The predicted octanol–water partition coefficient (Wildman–Crippen LogP) is 3.55. The van der Waals surface area contributed by atoms with Crippen LogP contribution in [0, 0.1) is 13.8 Å². The van der Waals surface area contributed by atoms with Crippen molar-refractivity contribution >= 4 is 5.97 Å². The van der Waals surface area contributed by atoms with Crippen LogP contribution in [0.1, 0.15) is 28.4 Å². The zero-order valence-corrected chi connectivity index (χ0v) is 9.91. The summed E-state index contributed by atoms with van der Waals surface area (Å²) in [6.07, 6.45) is 3.24. The summed E-state index contributed by atoms with van der Waals surface area (Å²) >= 11 is 0. The van der Waals surface area contributed by atoms with Crippen molar-refractivity contribution in [3.8, 4) is 0 Å². The van der Waals surface area contributed by atoms with Gasteiger partial charge in [-0.15, -0.1) is 0 Å². The number of carbonyl (C=O) groups is 1. The molecule has 0 saturated heterocycles. The molecule has 0 heterocycles. The van der Waals surface area contributed by atoms with Crippen LogP contribution in [0.15, 0.2) is 42.7 Å². The van der Waals surface area contributed by atoms with Crippen LogP contribution in [-0.2, 0) is 4.74 Å². The molecule has 0 aliphatic carbocycles. The number of rotatable bonds is 3. The quantitative estimate of drug-likeness (QED) is 0.439. The van der Waals surface area contributed by atoms with Crippen molar-refractivity contribution in [3.05, 3.63) is 59.4 Å². The smallest absolute Gasteiger partial charge is 0.343 e. The van der Waals surface area contributed by atoms with Crippen LogP contribution in [0.4, 0.5) is 0 Å². The van der Waals surface area contributed by atoms with Gasteiger partial charge < -0.3 is 4.74 Å². The molecule has 0 bridgehead atoms. The van der Waals surface area contributed by atoms with Crippen molar-refractivity contribution in [2.24, 2.45) is 0 Å². The fraction of sp³-hybridized carbons (Fsp3) is 0.214. The van der Waals surface area contributed by atoms with Gasteiger partial charge in [-0.05, 0) is 38.5 Å². The fourth-order valence-electron chi connectivity index (χ4n) is 1.44. The van der Waals surface area contributed by atoms with Gasteiger partial charge in [-0.25, -0.2) is 4.79 Å². The summed E-state index contributed by atoms with van der Waals surface area (Å²) in [5, 5.41) is 0. The van der Waals surface area contributed by atoms with E-state index in [1.807, 2.05) is 26.0 Å². The van der Waals surface area contributed by atoms with Crippen molar-refractivity contribution < 1.29 is 9.53 Å². The second-order valence-electron chi connectivity index (χ2n) is 3.72. The average Bonchev–Trinajstić information content (AvgIpc) is 2.17. The van der Waals surface area contributed by atoms with Gasteiger partial charge in [-0.2, -0.15) is 0 Å². The van der Waals surface area contributed by atoms with Crippen LogP contribution < -0.4 is 0 Å². The Hall–Kier alpha value is -1.83. The van der Waals surface area contributed by atoms with Gasteiger partial charge in [0.25, 0.3) is 0 Å². The number of allylic oxidation sites excluding steroid dienone is 3. The number of hydrogen-bond acceptors (Lipinski definition) is 2. The Bertz CT molecular complexity index is 442. The molecule has 0 aromatic heterocycles. The lowest BCUT2D eigenvalue weighted by molar-refractivity contribution is 0.0625. The van der Waals surface area contributed by atoms with Crippen molar-refractivity contribution in [2.45, 2.75) is 20.8 Å². The zero-order chi connectivity index (χ0) is 12.1. The van der Waals surface area contributed by atoms with Gasteiger partial charge in [0.15, 0.2) is 0 Å². The van der Waals surface area contributed by atoms with Gasteiger partial charge in [0, 0.05) is 0 Å². The SMILES string of the molecule is C=C/C=C(\C)OC(=O)c1ccc(C)cc1C. The van der Waals surface area contributed by atoms with Crippen molar-refractivity contribution in [1.29, 1.82) is 0 Å². The minimum atomic E-state index is -0.326. The first kappa shape index (κ1) is 12.2. The first-order valence-electron chi connectivity index (χ1n) is 5.13. The van der Waals surface area contributed by atoms with E-state index in [9.17, 15) is 4.79 Å². The van der Waals surface area contributed by atoms with E-state index < -0.39 is 0 Å². The highest BCUT2D eigenvalue weighted by molar-refractivity contribution is 5.91. The molecule has 0 amide bonds. The summed E-state index contributed by atoms with van der Waals surface area (Å²) in [6, 6.07) is 5.65. The third-order valence-corrected chi connectivity index (χ3v) is 2.21. The van der Waals surface area contributed by atoms with Gasteiger partial charge in [-0.1, -0.05) is 30.4 Å². The minimum absolute atomic E-state index is 0.326. The summed E-state index contributed by atoms with van der Waals surface area (Å²) in [6.45, 7) is 9.16. The van der Waals surface area contributed by atoms with Gasteiger partial charge in [0.05, 0.1) is 5.56 Å². The number of hydrogen-bond donors (Lipinski definition) is 0. The Morgan fingerprint density at radius 3 is 2.62 bits per heavy atom. The highest BCUT2D eigenvalue weighted by Crippen LogP contribution is 2.13. The molecule has 0 N–H and O–H groups in total. The molecule has 0 atom stereocenters. The Morgan fingerprint density at radius 1 is 1.38 bits per heavy atom. The molecule has 0 spiro atoms. The summed E-state index contributed by atoms with van der Waals surface area (Å²) < 4.78 is 5.15. The van der Waals surface area contributed by atoms with Crippen molar-refractivity contribution in [2.75, 3.05) is 0 Å². The van der Waals surface area contributed by atoms with E-state index in [1.54, 1.807) is 25.1 Å². The molecule has 2 heteroatoms. The zero-order valence-electron chi connectivity index (χ0n) is 9.91. The van der Waals surface area contributed by atoms with Crippen LogP contribution in [0.2, 0.25) is 0 Å². The van der Waals surface area contributed by atoms with E-state index in [1.165, 1.54) is 0 Å². The molecule has 1 aromatic carbocycles. The van der Waals surface area contributed by atoms with Crippen molar-refractivity contribution in [3.63, 3.8) is 0 Å². The van der Waals surface area contributed by atoms with E-state index in [2.05, 4.69) is 6.58 Å². The van der Waals surface area contributed by atoms with E-state index in [0.717, 1.165) is 11.1 Å². The summed E-state index contributed by atoms with van der Waals surface area (Å²) in [7, 11) is 0. The van der Waals surface area contributed by atoms with Gasteiger partial charge in [0.2, 0.25) is 0 Å². The third-order valence-electron chi connectivity index (χ3n) is 2.21. The normalized spacial score (nSPS) is 11.1. The molecule has 0 fully saturated rings. The summed E-state index contributed by atoms with van der Waals surface area (Å²) in [4.78, 5) is 11.8. The Balaban J connectivity index is 2.89. The molecule has 1 aromatic rings. The summed E-state index contributed by atoms with van der Waals surface area (Å²) in [5.41, 5.74) is 2.66. The van der Waals surface area contributed by atoms with Gasteiger partial charge >= 0.3 is 5.97 Å². The molecule has 0 aliphatic heterocycles. The Morgan fingerprint density at radius 2 is 2.06 bits per heavy atom. The maximum absolute atomic E-state index is 11.8. The highest BCUT2D eigenvalue weighted by atomic mass is 16.5. The van der Waals surface area contributed by atoms with Crippen LogP contribution >= 0.6 is 0 Å². The molecule has 2 nitrogen and oxygen atoms in total. The second kappa shape index (κ2) is 5.31. The minimum Gasteiger partial charge on any atom is -0.428 e. The number of benzene rings is 1. The number of ether oxygens (including phenoxy) is 1. The van der Waals surface area contributed by atoms with E-state index in [0.29, 0.717) is 11.3 Å². The van der Waals surface area contributed by atoms with E-state index in [4.69, 9.17) is 4.74 Å². The lowest BCUT2D eigenvalue weighted by atomic mass is 10.1. The lowest BCUT2D eigenvalue weighted by Crippen LogP contribution is -2.05. The largest absolute Gasteiger partial charge is 0.428 e. The van der Waals surface area contributed by atoms with Gasteiger partial charge in [-0.3, -0.25) is 0 Å². The molecular formula is C14H16O2. The maximum Gasteiger partial charge on any atom is 0.343 e. The molecule has 0 unspecified atom stereocenters. The van der Waals surface area contributed by atoms with E-state index >= 15 is 0 Å². The number of esters is 1. The first-order valence-corrected chi connectivity index (χ1v) is 5.13. The standard InChI is InChI=1S/C14H16O2/c1-5-6-12(4)16-14(15)13-8-7-10(2)9-11(13)3/h5-9H,1H2,2-4H3/b12-6+. The first-order chi connectivity index (χ1) is 7.54. The predicted molar refractivity (Wildman–Crippen MR) is 65.3 cm³/mol. The lowest BCUT2D eigenvalue weighted by Gasteiger charge is -2.07. The summed E-state index contributed by atoms with van der Waals surface area (Å²) in [5.74, 6) is 0.216. The Kier molecular flexibility index (Phi) is 4.06. The topological polar surface area (TPSA) is 26.3 Å². The van der Waals surface area contributed by atoms with E-state index in [-0.39, 0.29) is 5.97 Å². The highest BCUT2D eigenvalue weighted by Gasteiger charge is 2.10. The molecule has 0 aliphatic rings. The molecule has 84 valence electrons. The Labute approximate surface area is 96.2 Å². The number of carbonyl (C=O) groups excluding carboxylic acids is 1. The van der Waals surface area contributed by atoms with Crippen molar-refractivity contribution in [1.82, 2.24) is 0 Å². The molecule has 16 heavy (non-hydrogen) atoms. The van der Waals surface area contributed by atoms with Crippen LogP contribution in [-0.4, -0.2) is 5.97 Å². The molecular weight excluding hydrogens is 200 g/mol. The van der Waals surface area contributed by atoms with Gasteiger partial charge in [0.1, 0.15) is 5.76 Å². The number of aryl methyl sites for hydroxylation is 2. The monoisotopic (exact) mass is 216 g/mol. The molecule has 0 saturated carbocycles. The van der Waals surface area contributed by atoms with Crippen LogP contribution in [0.5, 0.6) is 0 Å². The maximum atomic E-state index is 11.8. The molecule has 0 radical (unpaired) electrons. The third kappa shape index (κ3) is 3.09.